The van der Waals surface area contributed by atoms with E-state index < -0.39 is 0 Å². The van der Waals surface area contributed by atoms with E-state index in [0.29, 0.717) is 5.91 Å². The monoisotopic (exact) mass is 274 g/mol. The molecule has 0 aromatic heterocycles. The molecule has 2 fully saturated rings. The molecule has 2 rings (SSSR count). The standard InChI is InChI=1S/C14H26N2O.ClH/c17-14(7-6-13-8-9-15-12-13)16-10-4-2-1-3-5-11-16;/h13,15H,1-12H2;1H. The zero-order valence-electron chi connectivity index (χ0n) is 11.3. The largest absolute Gasteiger partial charge is 0.343 e. The number of hydrogen-bond acceptors (Lipinski definition) is 2. The van der Waals surface area contributed by atoms with Crippen LogP contribution in [0.3, 0.4) is 0 Å². The van der Waals surface area contributed by atoms with Gasteiger partial charge in [-0.05, 0) is 44.7 Å². The lowest BCUT2D eigenvalue weighted by atomic mass is 10.0. The zero-order valence-corrected chi connectivity index (χ0v) is 12.1. The molecule has 0 saturated carbocycles. The molecule has 2 saturated heterocycles. The van der Waals surface area contributed by atoms with Gasteiger partial charge < -0.3 is 10.2 Å². The van der Waals surface area contributed by atoms with E-state index in [2.05, 4.69) is 10.2 Å². The second-order valence-electron chi connectivity index (χ2n) is 5.55. The van der Waals surface area contributed by atoms with Crippen LogP contribution in [0.4, 0.5) is 0 Å². The van der Waals surface area contributed by atoms with Crippen LogP contribution in [0.15, 0.2) is 0 Å². The van der Waals surface area contributed by atoms with E-state index in [1.165, 1.54) is 38.5 Å². The van der Waals surface area contributed by atoms with Crippen molar-refractivity contribution in [2.24, 2.45) is 5.92 Å². The maximum Gasteiger partial charge on any atom is 0.222 e. The number of carbonyl (C=O) groups excluding carboxylic acids is 1. The third kappa shape index (κ3) is 5.15. The molecule has 106 valence electrons. The van der Waals surface area contributed by atoms with Gasteiger partial charge in [0.05, 0.1) is 0 Å². The summed E-state index contributed by atoms with van der Waals surface area (Å²) in [4.78, 5) is 14.2. The van der Waals surface area contributed by atoms with E-state index in [4.69, 9.17) is 0 Å². The van der Waals surface area contributed by atoms with E-state index in [0.717, 1.165) is 44.9 Å². The fourth-order valence-electron chi connectivity index (χ4n) is 2.94. The molecular weight excluding hydrogens is 248 g/mol. The molecule has 1 N–H and O–H groups in total. The highest BCUT2D eigenvalue weighted by Crippen LogP contribution is 2.17. The number of hydrogen-bond donors (Lipinski definition) is 1. The molecule has 18 heavy (non-hydrogen) atoms. The molecule has 1 amide bonds. The molecule has 2 heterocycles. The Hall–Kier alpha value is -0.280. The number of carbonyl (C=O) groups is 1. The average molecular weight is 275 g/mol. The minimum absolute atomic E-state index is 0. The van der Waals surface area contributed by atoms with Gasteiger partial charge in [-0.15, -0.1) is 12.4 Å². The van der Waals surface area contributed by atoms with E-state index in [1.54, 1.807) is 0 Å². The van der Waals surface area contributed by atoms with Crippen molar-refractivity contribution < 1.29 is 4.79 Å². The summed E-state index contributed by atoms with van der Waals surface area (Å²) in [6, 6.07) is 0. The predicted molar refractivity (Wildman–Crippen MR) is 77.1 cm³/mol. The van der Waals surface area contributed by atoms with Crippen LogP contribution in [0.2, 0.25) is 0 Å². The number of halogens is 1. The van der Waals surface area contributed by atoms with E-state index in [-0.39, 0.29) is 12.4 Å². The summed E-state index contributed by atoms with van der Waals surface area (Å²) in [6.07, 6.45) is 9.48. The first-order valence-electron chi connectivity index (χ1n) is 7.35. The van der Waals surface area contributed by atoms with Gasteiger partial charge in [-0.25, -0.2) is 0 Å². The Kier molecular flexibility index (Phi) is 7.68. The number of nitrogens with one attached hydrogen (secondary N) is 1. The molecule has 0 radical (unpaired) electrons. The Balaban J connectivity index is 0.00000162. The van der Waals surface area contributed by atoms with Gasteiger partial charge >= 0.3 is 0 Å². The second kappa shape index (κ2) is 8.76. The first-order valence-corrected chi connectivity index (χ1v) is 7.35. The van der Waals surface area contributed by atoms with Gasteiger partial charge in [-0.3, -0.25) is 4.79 Å². The van der Waals surface area contributed by atoms with Crippen LogP contribution in [0, 0.1) is 5.92 Å². The van der Waals surface area contributed by atoms with Crippen molar-refractivity contribution in [2.75, 3.05) is 26.2 Å². The summed E-state index contributed by atoms with van der Waals surface area (Å²) >= 11 is 0. The van der Waals surface area contributed by atoms with Crippen LogP contribution in [-0.2, 0) is 4.79 Å². The SMILES string of the molecule is Cl.O=C(CCC1CCNC1)N1CCCCCCC1. The number of amides is 1. The third-order valence-electron chi connectivity index (χ3n) is 4.14. The van der Waals surface area contributed by atoms with Gasteiger partial charge in [0.25, 0.3) is 0 Å². The van der Waals surface area contributed by atoms with E-state index in [1.807, 2.05) is 0 Å². The maximum atomic E-state index is 12.1. The summed E-state index contributed by atoms with van der Waals surface area (Å²) in [5.41, 5.74) is 0. The minimum Gasteiger partial charge on any atom is -0.343 e. The maximum absolute atomic E-state index is 12.1. The number of nitrogens with zero attached hydrogens (tertiary/aromatic N) is 1. The minimum atomic E-state index is 0. The molecule has 3 nitrogen and oxygen atoms in total. The van der Waals surface area contributed by atoms with Crippen molar-refractivity contribution in [3.63, 3.8) is 0 Å². The predicted octanol–water partition coefficient (Wildman–Crippen LogP) is 2.59. The first-order chi connectivity index (χ1) is 8.36. The van der Waals surface area contributed by atoms with Gasteiger partial charge in [0.15, 0.2) is 0 Å². The highest BCUT2D eigenvalue weighted by molar-refractivity contribution is 5.85. The highest BCUT2D eigenvalue weighted by atomic mass is 35.5. The smallest absolute Gasteiger partial charge is 0.222 e. The van der Waals surface area contributed by atoms with Crippen LogP contribution < -0.4 is 5.32 Å². The Morgan fingerprint density at radius 3 is 2.39 bits per heavy atom. The Labute approximate surface area is 117 Å². The summed E-state index contributed by atoms with van der Waals surface area (Å²) in [5, 5.41) is 3.37. The third-order valence-corrected chi connectivity index (χ3v) is 4.14. The molecule has 2 aliphatic rings. The van der Waals surface area contributed by atoms with Gasteiger partial charge in [-0.2, -0.15) is 0 Å². The fraction of sp³-hybridized carbons (Fsp3) is 0.929. The second-order valence-corrected chi connectivity index (χ2v) is 5.55. The van der Waals surface area contributed by atoms with Crippen LogP contribution in [0.25, 0.3) is 0 Å². The van der Waals surface area contributed by atoms with E-state index in [9.17, 15) is 4.79 Å². The molecule has 1 atom stereocenters. The highest BCUT2D eigenvalue weighted by Gasteiger charge is 2.19. The van der Waals surface area contributed by atoms with E-state index >= 15 is 0 Å². The van der Waals surface area contributed by atoms with Gasteiger partial charge in [0.2, 0.25) is 5.91 Å². The molecule has 0 aliphatic carbocycles. The van der Waals surface area contributed by atoms with Gasteiger partial charge in [0.1, 0.15) is 0 Å². The fourth-order valence-corrected chi connectivity index (χ4v) is 2.94. The molecule has 0 aromatic carbocycles. The van der Waals surface area contributed by atoms with Crippen molar-refractivity contribution in [3.05, 3.63) is 0 Å². The summed E-state index contributed by atoms with van der Waals surface area (Å²) in [7, 11) is 0. The van der Waals surface area contributed by atoms with Crippen LogP contribution in [0.5, 0.6) is 0 Å². The van der Waals surface area contributed by atoms with Crippen molar-refractivity contribution in [1.29, 1.82) is 0 Å². The molecular formula is C14H27ClN2O. The summed E-state index contributed by atoms with van der Waals surface area (Å²) < 4.78 is 0. The molecule has 0 bridgehead atoms. The summed E-state index contributed by atoms with van der Waals surface area (Å²) in [6.45, 7) is 4.26. The molecule has 4 heteroatoms. The van der Waals surface area contributed by atoms with Crippen molar-refractivity contribution in [3.8, 4) is 0 Å². The lowest BCUT2D eigenvalue weighted by Gasteiger charge is -2.25. The summed E-state index contributed by atoms with van der Waals surface area (Å²) in [5.74, 6) is 1.15. The Bertz CT molecular complexity index is 234. The van der Waals surface area contributed by atoms with Crippen molar-refractivity contribution >= 4 is 18.3 Å². The van der Waals surface area contributed by atoms with Gasteiger partial charge in [-0.1, -0.05) is 19.3 Å². The van der Waals surface area contributed by atoms with Gasteiger partial charge in [0, 0.05) is 19.5 Å². The van der Waals surface area contributed by atoms with Crippen molar-refractivity contribution in [1.82, 2.24) is 10.2 Å². The van der Waals surface area contributed by atoms with Crippen LogP contribution in [0.1, 0.15) is 51.4 Å². The topological polar surface area (TPSA) is 32.3 Å². The Morgan fingerprint density at radius 1 is 1.11 bits per heavy atom. The quantitative estimate of drug-likeness (QED) is 0.858. The zero-order chi connectivity index (χ0) is 11.9. The lowest BCUT2D eigenvalue weighted by molar-refractivity contribution is -0.131. The molecule has 0 spiro atoms. The molecule has 0 aromatic rings. The number of rotatable bonds is 3. The van der Waals surface area contributed by atoms with Crippen LogP contribution >= 0.6 is 12.4 Å². The first kappa shape index (κ1) is 15.8. The number of likely N-dealkylation sites (tertiary alicyclic amines) is 1. The average Bonchev–Trinajstić information content (AvgIpc) is 2.78. The Morgan fingerprint density at radius 2 is 1.78 bits per heavy atom. The normalized spacial score (nSPS) is 25.1. The van der Waals surface area contributed by atoms with Crippen molar-refractivity contribution in [2.45, 2.75) is 51.4 Å². The molecule has 2 aliphatic heterocycles. The lowest BCUT2D eigenvalue weighted by Crippen LogP contribution is -2.34. The van der Waals surface area contributed by atoms with Crippen LogP contribution in [-0.4, -0.2) is 37.0 Å². The molecule has 1 unspecified atom stereocenters.